The molecule has 3 heterocycles. The van der Waals surface area contributed by atoms with Crippen LogP contribution in [0.15, 0.2) is 18.2 Å². The fourth-order valence-corrected chi connectivity index (χ4v) is 6.25. The van der Waals surface area contributed by atoms with E-state index in [9.17, 15) is 23.5 Å². The Kier molecular flexibility index (Phi) is 5.79. The Bertz CT molecular complexity index is 1260. The van der Waals surface area contributed by atoms with Crippen LogP contribution in [-0.2, 0) is 27.7 Å². The molecule has 1 aromatic heterocycles. The van der Waals surface area contributed by atoms with Gasteiger partial charge in [-0.3, -0.25) is 4.98 Å². The van der Waals surface area contributed by atoms with Crippen LogP contribution in [0, 0.1) is 22.7 Å². The number of aliphatic hydroxyl groups is 1. The maximum Gasteiger partial charge on any atom is 0.417 e. The lowest BCUT2D eigenvalue weighted by molar-refractivity contribution is -0.137. The van der Waals surface area contributed by atoms with E-state index in [1.165, 1.54) is 12.1 Å². The van der Waals surface area contributed by atoms with Crippen molar-refractivity contribution in [2.24, 2.45) is 11.3 Å². The summed E-state index contributed by atoms with van der Waals surface area (Å²) in [6, 6.07) is 5.33. The normalized spacial score (nSPS) is 28.9. The first kappa shape index (κ1) is 25.2. The van der Waals surface area contributed by atoms with Crippen molar-refractivity contribution in [3.63, 3.8) is 0 Å². The molecule has 4 unspecified atom stereocenters. The molecule has 1 spiro atoms. The molecule has 0 bridgehead atoms. The molecule has 1 aromatic carbocycles. The van der Waals surface area contributed by atoms with E-state index in [0.29, 0.717) is 25.0 Å². The van der Waals surface area contributed by atoms with Gasteiger partial charge >= 0.3 is 6.18 Å². The third kappa shape index (κ3) is 3.75. The fraction of sp³-hybridized carbons (Fsp3) is 0.571. The largest absolute Gasteiger partial charge is 0.417 e. The van der Waals surface area contributed by atoms with Gasteiger partial charge in [-0.2, -0.15) is 18.4 Å². The number of nitrogens with zero attached hydrogens (tertiary/aromatic N) is 2. The van der Waals surface area contributed by atoms with Crippen LogP contribution < -0.4 is 0 Å². The van der Waals surface area contributed by atoms with Gasteiger partial charge in [0.25, 0.3) is 0 Å². The van der Waals surface area contributed by atoms with Crippen molar-refractivity contribution >= 4 is 0 Å². The molecule has 36 heavy (non-hydrogen) atoms. The summed E-state index contributed by atoms with van der Waals surface area (Å²) >= 11 is 0. The Morgan fingerprint density at radius 1 is 1.22 bits per heavy atom. The second-order valence-electron chi connectivity index (χ2n) is 11.6. The van der Waals surface area contributed by atoms with E-state index in [1.807, 2.05) is 20.8 Å². The summed E-state index contributed by atoms with van der Waals surface area (Å²) in [7, 11) is 0. The van der Waals surface area contributed by atoms with Gasteiger partial charge in [0.1, 0.15) is 11.7 Å². The molecule has 0 saturated carbocycles. The molecule has 5 nitrogen and oxygen atoms in total. The first-order valence-corrected chi connectivity index (χ1v) is 12.4. The van der Waals surface area contributed by atoms with Crippen molar-refractivity contribution in [1.82, 2.24) is 4.98 Å². The van der Waals surface area contributed by atoms with Crippen molar-refractivity contribution in [2.75, 3.05) is 13.2 Å². The number of nitriles is 1. The van der Waals surface area contributed by atoms with Crippen LogP contribution in [0.3, 0.4) is 0 Å². The number of aliphatic hydroxyl groups excluding tert-OH is 1. The summed E-state index contributed by atoms with van der Waals surface area (Å²) in [4.78, 5) is 5.06. The summed E-state index contributed by atoms with van der Waals surface area (Å²) in [6.07, 6.45) is -4.81. The molecule has 5 rings (SSSR count). The number of halogens is 3. The average Bonchev–Trinajstić information content (AvgIpc) is 3.32. The molecule has 0 amide bonds. The molecule has 1 fully saturated rings. The number of benzene rings is 1. The van der Waals surface area contributed by atoms with Crippen LogP contribution in [0.1, 0.15) is 104 Å². The fourth-order valence-electron chi connectivity index (χ4n) is 6.25. The zero-order chi connectivity index (χ0) is 26.2. The minimum absolute atomic E-state index is 0.00925. The number of alkyl halides is 3. The van der Waals surface area contributed by atoms with Crippen LogP contribution >= 0.6 is 0 Å². The van der Waals surface area contributed by atoms with Crippen LogP contribution in [0.4, 0.5) is 13.2 Å². The first-order valence-electron chi connectivity index (χ1n) is 12.4. The Balaban J connectivity index is 1.79. The molecule has 3 aliphatic rings. The summed E-state index contributed by atoms with van der Waals surface area (Å²) in [5, 5.41) is 20.9. The second-order valence-corrected chi connectivity index (χ2v) is 11.6. The van der Waals surface area contributed by atoms with Gasteiger partial charge in [-0.1, -0.05) is 40.7 Å². The van der Waals surface area contributed by atoms with E-state index < -0.39 is 35.1 Å². The lowest BCUT2D eigenvalue weighted by atomic mass is 9.69. The predicted octanol–water partition coefficient (Wildman–Crippen LogP) is 6.08. The maximum atomic E-state index is 13.5. The first-order chi connectivity index (χ1) is 16.8. The highest BCUT2D eigenvalue weighted by Gasteiger charge is 2.56. The Labute approximate surface area is 209 Å². The van der Waals surface area contributed by atoms with Crippen molar-refractivity contribution < 1.29 is 27.8 Å². The topological polar surface area (TPSA) is 75.4 Å². The van der Waals surface area contributed by atoms with E-state index in [0.717, 1.165) is 34.1 Å². The van der Waals surface area contributed by atoms with Crippen LogP contribution in [0.2, 0.25) is 0 Å². The molecule has 8 heteroatoms. The number of fused-ring (bicyclic) bond motifs is 4. The van der Waals surface area contributed by atoms with Gasteiger partial charge in [0.2, 0.25) is 0 Å². The van der Waals surface area contributed by atoms with Gasteiger partial charge in [0, 0.05) is 34.0 Å². The van der Waals surface area contributed by atoms with E-state index in [1.54, 1.807) is 6.07 Å². The number of pyridine rings is 1. The predicted molar refractivity (Wildman–Crippen MR) is 126 cm³/mol. The van der Waals surface area contributed by atoms with Gasteiger partial charge in [-0.05, 0) is 41.9 Å². The number of hydrogen-bond acceptors (Lipinski definition) is 5. The van der Waals surface area contributed by atoms with Gasteiger partial charge in [-0.15, -0.1) is 0 Å². The number of rotatable bonds is 2. The molecular weight excluding hydrogens is 469 g/mol. The molecular formula is C28H31F3N2O3. The lowest BCUT2D eigenvalue weighted by Gasteiger charge is -2.38. The molecule has 2 aliphatic heterocycles. The van der Waals surface area contributed by atoms with Crippen LogP contribution in [-0.4, -0.2) is 23.3 Å². The highest BCUT2D eigenvalue weighted by atomic mass is 19.4. The number of aromatic nitrogens is 1. The molecule has 1 aliphatic carbocycles. The van der Waals surface area contributed by atoms with Gasteiger partial charge in [0.05, 0.1) is 36.5 Å². The zero-order valence-electron chi connectivity index (χ0n) is 21.2. The summed E-state index contributed by atoms with van der Waals surface area (Å²) < 4.78 is 53.2. The third-order valence-electron chi connectivity index (χ3n) is 7.92. The second kappa shape index (κ2) is 8.27. The van der Waals surface area contributed by atoms with Crippen molar-refractivity contribution in [2.45, 2.75) is 77.4 Å². The quantitative estimate of drug-likeness (QED) is 0.541. The smallest absolute Gasteiger partial charge is 0.388 e. The summed E-state index contributed by atoms with van der Waals surface area (Å²) in [6.45, 7) is 11.1. The Morgan fingerprint density at radius 3 is 2.53 bits per heavy atom. The molecule has 192 valence electrons. The van der Waals surface area contributed by atoms with Crippen LogP contribution in [0.5, 0.6) is 0 Å². The highest BCUT2D eigenvalue weighted by Crippen LogP contribution is 2.58. The minimum atomic E-state index is -4.63. The van der Waals surface area contributed by atoms with Crippen molar-refractivity contribution in [1.29, 1.82) is 5.26 Å². The number of hydrogen-bond donors (Lipinski definition) is 1. The molecule has 1 saturated heterocycles. The monoisotopic (exact) mass is 500 g/mol. The van der Waals surface area contributed by atoms with Crippen molar-refractivity contribution in [3.8, 4) is 6.07 Å². The van der Waals surface area contributed by atoms with Gasteiger partial charge < -0.3 is 14.6 Å². The third-order valence-corrected chi connectivity index (χ3v) is 7.92. The van der Waals surface area contributed by atoms with E-state index in [-0.39, 0.29) is 23.9 Å². The Morgan fingerprint density at radius 2 is 1.94 bits per heavy atom. The standard InChI is InChI=1S/C28H31F3N2O3/c1-14(2)24-22-23(21-19(33-24)9-26(4,5)10-20(21)34)27(13-35-12-15(27)3)36-25(22)16-6-7-18(28(29,30)31)17(8-16)11-32/h6-8,14-15,20,25,34H,9-10,12-13H2,1-5H3. The summed E-state index contributed by atoms with van der Waals surface area (Å²) in [5.74, 6) is -0.0326. The van der Waals surface area contributed by atoms with E-state index >= 15 is 0 Å². The molecule has 2 aromatic rings. The van der Waals surface area contributed by atoms with Crippen molar-refractivity contribution in [3.05, 3.63) is 63.0 Å². The van der Waals surface area contributed by atoms with E-state index in [4.69, 9.17) is 14.5 Å². The minimum Gasteiger partial charge on any atom is -0.388 e. The van der Waals surface area contributed by atoms with Gasteiger partial charge in [0.15, 0.2) is 0 Å². The van der Waals surface area contributed by atoms with Crippen LogP contribution in [0.25, 0.3) is 0 Å². The summed E-state index contributed by atoms with van der Waals surface area (Å²) in [5.41, 5.74) is 2.20. The maximum absolute atomic E-state index is 13.5. The Hall–Kier alpha value is -2.47. The van der Waals surface area contributed by atoms with Gasteiger partial charge in [-0.25, -0.2) is 0 Å². The molecule has 4 atom stereocenters. The molecule has 1 N–H and O–H groups in total. The SMILES string of the molecule is CC(C)c1nc2c(c3c1C(c1ccc(C(F)(F)F)c(C#N)c1)OC31COCC1C)C(O)CC(C)(C)C2. The molecule has 0 radical (unpaired) electrons. The number of ether oxygens (including phenoxy) is 2. The highest BCUT2D eigenvalue weighted by molar-refractivity contribution is 5.56. The zero-order valence-corrected chi connectivity index (χ0v) is 21.2. The lowest BCUT2D eigenvalue weighted by Crippen LogP contribution is -2.37. The average molecular weight is 501 g/mol. The van der Waals surface area contributed by atoms with E-state index in [2.05, 4.69) is 13.8 Å².